The van der Waals surface area contributed by atoms with Gasteiger partial charge in [-0.1, -0.05) is 20.8 Å². The van der Waals surface area contributed by atoms with Gasteiger partial charge in [-0.3, -0.25) is 4.79 Å². The maximum absolute atomic E-state index is 11.5. The Morgan fingerprint density at radius 3 is 2.44 bits per heavy atom. The summed E-state index contributed by atoms with van der Waals surface area (Å²) in [7, 11) is 1.63. The van der Waals surface area contributed by atoms with Crippen molar-refractivity contribution in [2.75, 3.05) is 13.7 Å². The molecule has 0 aliphatic heterocycles. The largest absolute Gasteiger partial charge is 0.380 e. The lowest BCUT2D eigenvalue weighted by Crippen LogP contribution is -2.37. The number of amides is 1. The maximum atomic E-state index is 11.5. The van der Waals surface area contributed by atoms with Crippen LogP contribution in [0, 0.1) is 5.41 Å². The van der Waals surface area contributed by atoms with Crippen LogP contribution < -0.4 is 11.1 Å². The molecule has 0 fully saturated rings. The van der Waals surface area contributed by atoms with Crippen molar-refractivity contribution in [3.05, 3.63) is 0 Å². The molecule has 0 aromatic rings. The molecule has 2 unspecified atom stereocenters. The van der Waals surface area contributed by atoms with E-state index in [1.54, 1.807) is 7.11 Å². The average Bonchev–Trinajstić information content (AvgIpc) is 2.10. The lowest BCUT2D eigenvalue weighted by atomic mass is 9.87. The fraction of sp³-hybridized carbons (Fsp3) is 0.917. The zero-order valence-corrected chi connectivity index (χ0v) is 11.2. The number of methoxy groups -OCH3 is 1. The molecule has 0 spiro atoms. The monoisotopic (exact) mass is 230 g/mol. The second-order valence-electron chi connectivity index (χ2n) is 5.58. The molecule has 0 bridgehead atoms. The number of rotatable bonds is 6. The fourth-order valence-corrected chi connectivity index (χ4v) is 1.51. The van der Waals surface area contributed by atoms with Crippen molar-refractivity contribution in [2.45, 2.75) is 52.7 Å². The number of ether oxygens (including phenoxy) is 1. The van der Waals surface area contributed by atoms with Crippen LogP contribution in [-0.2, 0) is 9.53 Å². The third-order valence-corrected chi connectivity index (χ3v) is 2.31. The maximum Gasteiger partial charge on any atom is 0.221 e. The van der Waals surface area contributed by atoms with Crippen LogP contribution in [0.2, 0.25) is 0 Å². The number of carbonyl (C=O) groups is 1. The molecule has 0 aromatic carbocycles. The Kier molecular flexibility index (Phi) is 6.60. The Morgan fingerprint density at radius 2 is 2.00 bits per heavy atom. The van der Waals surface area contributed by atoms with Gasteiger partial charge in [-0.25, -0.2) is 0 Å². The average molecular weight is 230 g/mol. The van der Waals surface area contributed by atoms with Gasteiger partial charge in [0.2, 0.25) is 5.91 Å². The second kappa shape index (κ2) is 6.86. The zero-order valence-electron chi connectivity index (χ0n) is 11.2. The molecule has 0 saturated heterocycles. The van der Waals surface area contributed by atoms with Crippen molar-refractivity contribution in [1.29, 1.82) is 0 Å². The van der Waals surface area contributed by atoms with Crippen molar-refractivity contribution >= 4 is 5.91 Å². The summed E-state index contributed by atoms with van der Waals surface area (Å²) in [6, 6.07) is -0.0714. The molecule has 2 atom stereocenters. The number of carbonyl (C=O) groups excluding carboxylic acids is 1. The van der Waals surface area contributed by atoms with E-state index in [2.05, 4.69) is 26.1 Å². The van der Waals surface area contributed by atoms with Crippen molar-refractivity contribution in [3.8, 4) is 0 Å². The van der Waals surface area contributed by atoms with E-state index in [0.29, 0.717) is 13.0 Å². The van der Waals surface area contributed by atoms with Gasteiger partial charge in [0, 0.05) is 26.1 Å². The molecule has 0 aliphatic carbocycles. The van der Waals surface area contributed by atoms with Crippen LogP contribution in [0.3, 0.4) is 0 Å². The van der Waals surface area contributed by atoms with E-state index in [-0.39, 0.29) is 23.5 Å². The van der Waals surface area contributed by atoms with Crippen LogP contribution in [0.15, 0.2) is 0 Å². The first-order chi connectivity index (χ1) is 7.24. The Hall–Kier alpha value is -0.610. The van der Waals surface area contributed by atoms with Crippen molar-refractivity contribution in [3.63, 3.8) is 0 Å². The molecule has 0 radical (unpaired) electrons. The smallest absolute Gasteiger partial charge is 0.221 e. The van der Waals surface area contributed by atoms with E-state index in [1.807, 2.05) is 6.92 Å². The summed E-state index contributed by atoms with van der Waals surface area (Å²) in [4.78, 5) is 11.5. The van der Waals surface area contributed by atoms with E-state index in [9.17, 15) is 4.79 Å². The predicted molar refractivity (Wildman–Crippen MR) is 66.1 cm³/mol. The van der Waals surface area contributed by atoms with E-state index < -0.39 is 0 Å². The summed E-state index contributed by atoms with van der Waals surface area (Å²) in [5, 5.41) is 2.81. The Labute approximate surface area is 98.9 Å². The van der Waals surface area contributed by atoms with Gasteiger partial charge in [-0.2, -0.15) is 0 Å². The number of hydrogen-bond donors (Lipinski definition) is 2. The quantitative estimate of drug-likeness (QED) is 0.722. The predicted octanol–water partition coefficient (Wildman–Crippen LogP) is 1.29. The number of hydrogen-bond acceptors (Lipinski definition) is 3. The topological polar surface area (TPSA) is 64.3 Å². The molecule has 4 heteroatoms. The molecule has 0 aliphatic rings. The molecule has 96 valence electrons. The van der Waals surface area contributed by atoms with Gasteiger partial charge in [-0.05, 0) is 18.8 Å². The highest BCUT2D eigenvalue weighted by Gasteiger charge is 2.18. The summed E-state index contributed by atoms with van der Waals surface area (Å²) in [6.45, 7) is 8.82. The minimum absolute atomic E-state index is 0.000602. The van der Waals surface area contributed by atoms with Crippen LogP contribution in [0.25, 0.3) is 0 Å². The molecule has 0 heterocycles. The Balaban J connectivity index is 3.79. The molecular weight excluding hydrogens is 204 g/mol. The summed E-state index contributed by atoms with van der Waals surface area (Å²) < 4.78 is 5.04. The Bertz CT molecular complexity index is 212. The standard InChI is InChI=1S/C12H26N2O2/c1-9(16-5)8-14-11(15)6-10(13)7-12(2,3)4/h9-10H,6-8,13H2,1-5H3,(H,14,15). The molecule has 3 N–H and O–H groups in total. The van der Waals surface area contributed by atoms with E-state index in [0.717, 1.165) is 6.42 Å². The highest BCUT2D eigenvalue weighted by atomic mass is 16.5. The minimum Gasteiger partial charge on any atom is -0.380 e. The van der Waals surface area contributed by atoms with E-state index >= 15 is 0 Å². The molecule has 0 rings (SSSR count). The lowest BCUT2D eigenvalue weighted by molar-refractivity contribution is -0.122. The normalized spacial score (nSPS) is 15.6. The van der Waals surface area contributed by atoms with Crippen molar-refractivity contribution < 1.29 is 9.53 Å². The summed E-state index contributed by atoms with van der Waals surface area (Å²) >= 11 is 0. The fourth-order valence-electron chi connectivity index (χ4n) is 1.51. The van der Waals surface area contributed by atoms with Gasteiger partial charge in [0.15, 0.2) is 0 Å². The first-order valence-electron chi connectivity index (χ1n) is 5.79. The van der Waals surface area contributed by atoms with Crippen molar-refractivity contribution in [2.24, 2.45) is 11.1 Å². The van der Waals surface area contributed by atoms with Crippen molar-refractivity contribution in [1.82, 2.24) is 5.32 Å². The van der Waals surface area contributed by atoms with E-state index in [1.165, 1.54) is 0 Å². The van der Waals surface area contributed by atoms with Gasteiger partial charge in [0.05, 0.1) is 6.10 Å². The molecule has 16 heavy (non-hydrogen) atoms. The molecular formula is C12H26N2O2. The van der Waals surface area contributed by atoms with Gasteiger partial charge in [0.1, 0.15) is 0 Å². The van der Waals surface area contributed by atoms with Gasteiger partial charge >= 0.3 is 0 Å². The highest BCUT2D eigenvalue weighted by molar-refractivity contribution is 5.76. The van der Waals surface area contributed by atoms with Crippen LogP contribution in [0.1, 0.15) is 40.5 Å². The van der Waals surface area contributed by atoms with Crippen LogP contribution in [0.4, 0.5) is 0 Å². The lowest BCUT2D eigenvalue weighted by Gasteiger charge is -2.22. The van der Waals surface area contributed by atoms with Gasteiger partial charge in [0.25, 0.3) is 0 Å². The molecule has 0 aromatic heterocycles. The summed E-state index contributed by atoms with van der Waals surface area (Å²) in [5.41, 5.74) is 6.07. The van der Waals surface area contributed by atoms with E-state index in [4.69, 9.17) is 10.5 Å². The van der Waals surface area contributed by atoms with Crippen LogP contribution in [0.5, 0.6) is 0 Å². The van der Waals surface area contributed by atoms with Gasteiger partial charge in [-0.15, -0.1) is 0 Å². The number of nitrogens with one attached hydrogen (secondary N) is 1. The SMILES string of the molecule is COC(C)CNC(=O)CC(N)CC(C)(C)C. The minimum atomic E-state index is -0.0714. The third kappa shape index (κ3) is 8.68. The van der Waals surface area contributed by atoms with Crippen LogP contribution >= 0.6 is 0 Å². The number of nitrogens with two attached hydrogens (primary N) is 1. The summed E-state index contributed by atoms with van der Waals surface area (Å²) in [6.07, 6.45) is 1.27. The van der Waals surface area contributed by atoms with Crippen LogP contribution in [-0.4, -0.2) is 31.7 Å². The second-order valence-corrected chi connectivity index (χ2v) is 5.58. The molecule has 4 nitrogen and oxygen atoms in total. The summed E-state index contributed by atoms with van der Waals surface area (Å²) in [5.74, 6) is 0.000602. The first kappa shape index (κ1) is 15.4. The zero-order chi connectivity index (χ0) is 12.8. The first-order valence-corrected chi connectivity index (χ1v) is 5.79. The molecule has 1 amide bonds. The third-order valence-electron chi connectivity index (χ3n) is 2.31. The highest BCUT2D eigenvalue weighted by Crippen LogP contribution is 2.20. The molecule has 0 saturated carbocycles. The van der Waals surface area contributed by atoms with Gasteiger partial charge < -0.3 is 15.8 Å². The Morgan fingerprint density at radius 1 is 1.44 bits per heavy atom.